The van der Waals surface area contributed by atoms with Gasteiger partial charge in [-0.05, 0) is 55.9 Å². The fourth-order valence-corrected chi connectivity index (χ4v) is 6.06. The summed E-state index contributed by atoms with van der Waals surface area (Å²) in [6, 6.07) is 11.7. The van der Waals surface area contributed by atoms with Crippen molar-refractivity contribution in [2.45, 2.75) is 76.9 Å². The summed E-state index contributed by atoms with van der Waals surface area (Å²) in [5.41, 5.74) is -0.193. The summed E-state index contributed by atoms with van der Waals surface area (Å²) in [5.74, 6) is -1.25. The Morgan fingerprint density at radius 1 is 1.10 bits per heavy atom. The zero-order chi connectivity index (χ0) is 28.3. The summed E-state index contributed by atoms with van der Waals surface area (Å²) in [6.07, 6.45) is 5.79. The van der Waals surface area contributed by atoms with E-state index in [-0.39, 0.29) is 36.1 Å². The predicted molar refractivity (Wildman–Crippen MR) is 144 cm³/mol. The van der Waals surface area contributed by atoms with Crippen LogP contribution in [0.15, 0.2) is 54.6 Å². The van der Waals surface area contributed by atoms with E-state index in [2.05, 4.69) is 12.0 Å². The smallest absolute Gasteiger partial charge is 0.481 e. The van der Waals surface area contributed by atoms with Crippen molar-refractivity contribution in [2.75, 3.05) is 0 Å². The molecule has 11 nitrogen and oxygen atoms in total. The summed E-state index contributed by atoms with van der Waals surface area (Å²) < 4.78 is 31.0. The average molecular weight is 563 g/mol. The molecule has 0 amide bonds. The lowest BCUT2D eigenvalue weighted by Gasteiger charge is -2.31. The van der Waals surface area contributed by atoms with Gasteiger partial charge in [-0.1, -0.05) is 50.8 Å². The second-order valence-corrected chi connectivity index (χ2v) is 11.2. The van der Waals surface area contributed by atoms with E-state index in [0.29, 0.717) is 12.3 Å². The Balaban J connectivity index is 1.80. The molecule has 4 atom stereocenters. The SMILES string of the molecule is CCCCC1CCCC(OC(=O)C(CCC(=O)O)NP(=O)(Oc2ccccc2)Oc2ccc([N+](=O)[O-])cc2)C1. The van der Waals surface area contributed by atoms with Crippen LogP contribution in [-0.4, -0.2) is 34.1 Å². The Bertz CT molecular complexity index is 1140. The number of hydrogen-bond donors (Lipinski definition) is 2. The molecule has 0 bridgehead atoms. The van der Waals surface area contributed by atoms with Gasteiger partial charge in [0.2, 0.25) is 0 Å². The number of nitrogens with zero attached hydrogens (tertiary/aromatic N) is 1. The van der Waals surface area contributed by atoms with Crippen LogP contribution >= 0.6 is 7.75 Å². The Morgan fingerprint density at radius 2 is 1.77 bits per heavy atom. The maximum atomic E-state index is 13.9. The number of carbonyl (C=O) groups is 2. The molecule has 1 saturated carbocycles. The fraction of sp³-hybridized carbons (Fsp3) is 0.481. The molecule has 0 heterocycles. The summed E-state index contributed by atoms with van der Waals surface area (Å²) in [6.45, 7) is 2.13. The summed E-state index contributed by atoms with van der Waals surface area (Å²) >= 11 is 0. The van der Waals surface area contributed by atoms with Crippen LogP contribution in [0.5, 0.6) is 11.5 Å². The monoisotopic (exact) mass is 562 g/mol. The Morgan fingerprint density at radius 3 is 2.38 bits per heavy atom. The third-order valence-electron chi connectivity index (χ3n) is 6.47. The third-order valence-corrected chi connectivity index (χ3v) is 8.00. The molecule has 0 spiro atoms. The zero-order valence-corrected chi connectivity index (χ0v) is 22.8. The number of benzene rings is 2. The zero-order valence-electron chi connectivity index (χ0n) is 21.9. The number of nitro groups is 1. The minimum absolute atomic E-state index is 0.0104. The predicted octanol–water partition coefficient (Wildman–Crippen LogP) is 6.28. The van der Waals surface area contributed by atoms with Crippen LogP contribution in [0.4, 0.5) is 5.69 Å². The van der Waals surface area contributed by atoms with E-state index in [1.807, 2.05) is 0 Å². The summed E-state index contributed by atoms with van der Waals surface area (Å²) in [7, 11) is -4.37. The highest BCUT2D eigenvalue weighted by Gasteiger charge is 2.37. The molecular weight excluding hydrogens is 527 g/mol. The first-order chi connectivity index (χ1) is 18.7. The fourth-order valence-electron chi connectivity index (χ4n) is 4.50. The van der Waals surface area contributed by atoms with Gasteiger partial charge < -0.3 is 18.9 Å². The largest absolute Gasteiger partial charge is 0.513 e. The van der Waals surface area contributed by atoms with Crippen LogP contribution in [0.1, 0.15) is 64.7 Å². The molecule has 2 aromatic rings. The van der Waals surface area contributed by atoms with Crippen molar-refractivity contribution in [1.82, 2.24) is 5.09 Å². The standard InChI is InChI=1S/C27H35N2O9P/c1-2-3-8-20-9-7-12-24(19-20)36-27(32)25(17-18-26(30)31)28-39(35,37-22-10-5-4-6-11-22)38-23-15-13-21(14-16-23)29(33)34/h4-6,10-11,13-16,20,24-25H,2-3,7-9,12,17-19H2,1H3,(H,28,35)(H,30,31). The van der Waals surface area contributed by atoms with E-state index in [9.17, 15) is 29.4 Å². The first-order valence-electron chi connectivity index (χ1n) is 13.2. The maximum Gasteiger partial charge on any atom is 0.513 e. The quantitative estimate of drug-likeness (QED) is 0.110. The van der Waals surface area contributed by atoms with Crippen LogP contribution in [-0.2, 0) is 18.9 Å². The molecule has 212 valence electrons. The molecule has 12 heteroatoms. The maximum absolute atomic E-state index is 13.9. The molecule has 1 aliphatic rings. The summed E-state index contributed by atoms with van der Waals surface area (Å²) in [5, 5.41) is 22.8. The first-order valence-corrected chi connectivity index (χ1v) is 14.7. The van der Waals surface area contributed by atoms with Crippen molar-refractivity contribution < 1.29 is 38.0 Å². The number of hydrogen-bond acceptors (Lipinski definition) is 8. The molecule has 2 aromatic carbocycles. The number of para-hydroxylation sites is 1. The van der Waals surface area contributed by atoms with Crippen LogP contribution in [0.2, 0.25) is 0 Å². The van der Waals surface area contributed by atoms with Gasteiger partial charge in [0.15, 0.2) is 0 Å². The van der Waals surface area contributed by atoms with E-state index < -0.39 is 30.7 Å². The van der Waals surface area contributed by atoms with Crippen LogP contribution in [0, 0.1) is 16.0 Å². The lowest BCUT2D eigenvalue weighted by molar-refractivity contribution is -0.384. The Labute approximate surface area is 227 Å². The van der Waals surface area contributed by atoms with Crippen molar-refractivity contribution in [3.8, 4) is 11.5 Å². The molecule has 4 unspecified atom stereocenters. The topological polar surface area (TPSA) is 154 Å². The van der Waals surface area contributed by atoms with Gasteiger partial charge in [-0.15, -0.1) is 0 Å². The molecule has 0 radical (unpaired) electrons. The number of carboxylic acids is 1. The number of unbranched alkanes of at least 4 members (excludes halogenated alkanes) is 1. The normalized spacial score (nSPS) is 19.3. The van der Waals surface area contributed by atoms with Crippen LogP contribution in [0.3, 0.4) is 0 Å². The van der Waals surface area contributed by atoms with Crippen molar-refractivity contribution in [3.05, 3.63) is 64.7 Å². The third kappa shape index (κ3) is 10.00. The van der Waals surface area contributed by atoms with Gasteiger partial charge in [-0.25, -0.2) is 4.57 Å². The second-order valence-electron chi connectivity index (χ2n) is 9.59. The molecular formula is C27H35N2O9P. The van der Waals surface area contributed by atoms with Crippen molar-refractivity contribution in [3.63, 3.8) is 0 Å². The van der Waals surface area contributed by atoms with Crippen molar-refractivity contribution >= 4 is 25.4 Å². The number of carbonyl (C=O) groups excluding carboxylic acids is 1. The number of nitro benzene ring substituents is 1. The number of aliphatic carboxylic acids is 1. The van der Waals surface area contributed by atoms with Gasteiger partial charge in [-0.3, -0.25) is 19.7 Å². The van der Waals surface area contributed by atoms with E-state index in [1.54, 1.807) is 18.2 Å². The highest BCUT2D eigenvalue weighted by Crippen LogP contribution is 2.46. The average Bonchev–Trinajstić information content (AvgIpc) is 2.90. The van der Waals surface area contributed by atoms with Gasteiger partial charge in [-0.2, -0.15) is 5.09 Å². The van der Waals surface area contributed by atoms with E-state index in [4.69, 9.17) is 13.8 Å². The number of non-ortho nitro benzene ring substituents is 1. The van der Waals surface area contributed by atoms with Gasteiger partial charge in [0.1, 0.15) is 23.6 Å². The van der Waals surface area contributed by atoms with Gasteiger partial charge in [0, 0.05) is 18.6 Å². The summed E-state index contributed by atoms with van der Waals surface area (Å²) in [4.78, 5) is 35.0. The van der Waals surface area contributed by atoms with Crippen molar-refractivity contribution in [1.29, 1.82) is 0 Å². The van der Waals surface area contributed by atoms with Gasteiger partial charge in [0.05, 0.1) is 4.92 Å². The molecule has 2 N–H and O–H groups in total. The molecule has 0 aromatic heterocycles. The lowest BCUT2D eigenvalue weighted by atomic mass is 9.84. The molecule has 39 heavy (non-hydrogen) atoms. The number of esters is 1. The lowest BCUT2D eigenvalue weighted by Crippen LogP contribution is -2.41. The minimum atomic E-state index is -4.37. The highest BCUT2D eigenvalue weighted by molar-refractivity contribution is 7.52. The molecule has 1 fully saturated rings. The Hall–Kier alpha value is -3.43. The van der Waals surface area contributed by atoms with Crippen LogP contribution in [0.25, 0.3) is 0 Å². The molecule has 0 saturated heterocycles. The molecule has 1 aliphatic carbocycles. The Kier molecular flexibility index (Phi) is 11.3. The highest BCUT2D eigenvalue weighted by atomic mass is 31.2. The number of ether oxygens (including phenoxy) is 1. The number of nitrogens with one attached hydrogen (secondary N) is 1. The van der Waals surface area contributed by atoms with Gasteiger partial charge in [0.25, 0.3) is 5.69 Å². The van der Waals surface area contributed by atoms with E-state index >= 15 is 0 Å². The van der Waals surface area contributed by atoms with E-state index in [0.717, 1.165) is 38.5 Å². The number of carboxylic acid groups (broad SMARTS) is 1. The number of rotatable bonds is 15. The second kappa shape index (κ2) is 14.6. The van der Waals surface area contributed by atoms with Crippen molar-refractivity contribution in [2.24, 2.45) is 5.92 Å². The molecule has 3 rings (SSSR count). The van der Waals surface area contributed by atoms with Gasteiger partial charge >= 0.3 is 19.7 Å². The first kappa shape index (κ1) is 30.1. The minimum Gasteiger partial charge on any atom is -0.481 e. The van der Waals surface area contributed by atoms with E-state index in [1.165, 1.54) is 36.4 Å². The van der Waals surface area contributed by atoms with Crippen LogP contribution < -0.4 is 14.1 Å². The molecule has 0 aliphatic heterocycles.